The monoisotopic (exact) mass is 369 g/mol. The van der Waals surface area contributed by atoms with Gasteiger partial charge < -0.3 is 29.8 Å². The first-order valence-electron chi connectivity index (χ1n) is 8.55. The summed E-state index contributed by atoms with van der Waals surface area (Å²) in [7, 11) is 4.59. The summed E-state index contributed by atoms with van der Waals surface area (Å²) in [5.74, 6) is 1.43. The van der Waals surface area contributed by atoms with Crippen LogP contribution in [0.2, 0.25) is 0 Å². The number of carbonyl (C=O) groups excluding carboxylic acids is 1. The number of nitrogens with one attached hydrogen (secondary N) is 3. The topological polar surface area (TPSA) is 84.6 Å². The molecule has 0 aliphatic rings. The van der Waals surface area contributed by atoms with Gasteiger partial charge in [0.15, 0.2) is 11.5 Å². The number of amides is 2. The van der Waals surface area contributed by atoms with Crippen LogP contribution in [0.1, 0.15) is 5.56 Å². The minimum atomic E-state index is -0.301. The van der Waals surface area contributed by atoms with Gasteiger partial charge in [0.05, 0.1) is 27.0 Å². The van der Waals surface area contributed by atoms with E-state index in [1.807, 2.05) is 12.3 Å². The minimum absolute atomic E-state index is 0.301. The predicted octanol–water partition coefficient (Wildman–Crippen LogP) is 3.56. The van der Waals surface area contributed by atoms with Gasteiger partial charge in [-0.2, -0.15) is 0 Å². The number of fused-ring (bicyclic) bond motifs is 1. The fourth-order valence-electron chi connectivity index (χ4n) is 2.90. The van der Waals surface area contributed by atoms with Crippen molar-refractivity contribution in [1.29, 1.82) is 0 Å². The molecule has 3 N–H and O–H groups in total. The molecule has 7 heteroatoms. The van der Waals surface area contributed by atoms with Gasteiger partial charge in [-0.05, 0) is 29.5 Å². The molecule has 0 fully saturated rings. The van der Waals surface area contributed by atoms with Gasteiger partial charge in [-0.25, -0.2) is 4.79 Å². The molecule has 142 valence electrons. The lowest BCUT2D eigenvalue weighted by molar-refractivity contribution is 0.252. The van der Waals surface area contributed by atoms with Crippen molar-refractivity contribution in [2.75, 3.05) is 33.2 Å². The van der Waals surface area contributed by atoms with Crippen molar-refractivity contribution in [3.63, 3.8) is 0 Å². The quantitative estimate of drug-likeness (QED) is 0.594. The highest BCUT2D eigenvalue weighted by Crippen LogP contribution is 2.39. The maximum atomic E-state index is 12.2. The summed E-state index contributed by atoms with van der Waals surface area (Å²) < 4.78 is 15.9. The van der Waals surface area contributed by atoms with Crippen molar-refractivity contribution < 1.29 is 19.0 Å². The highest BCUT2D eigenvalue weighted by atomic mass is 16.5. The van der Waals surface area contributed by atoms with Gasteiger partial charge in [-0.3, -0.25) is 0 Å². The van der Waals surface area contributed by atoms with E-state index in [-0.39, 0.29) is 6.03 Å². The number of H-pyrrole nitrogens is 1. The molecule has 0 saturated carbocycles. The molecule has 27 heavy (non-hydrogen) atoms. The van der Waals surface area contributed by atoms with Crippen LogP contribution in [-0.4, -0.2) is 38.9 Å². The second-order valence-corrected chi connectivity index (χ2v) is 5.94. The SMILES string of the molecule is COc1cc(NC(=O)NCCc2ccc3cc[nH]c3c2)cc(OC)c1OC. The molecule has 7 nitrogen and oxygen atoms in total. The third kappa shape index (κ3) is 4.25. The number of urea groups is 1. The number of anilines is 1. The standard InChI is InChI=1S/C20H23N3O4/c1-25-17-11-15(12-18(26-2)19(17)27-3)23-20(24)22-8-6-13-4-5-14-7-9-21-16(14)10-13/h4-5,7,9-12,21H,6,8H2,1-3H3,(H2,22,23,24). The van der Waals surface area contributed by atoms with Crippen LogP contribution in [0.15, 0.2) is 42.6 Å². The van der Waals surface area contributed by atoms with Gasteiger partial charge in [0.2, 0.25) is 5.75 Å². The summed E-state index contributed by atoms with van der Waals surface area (Å²) in [4.78, 5) is 15.4. The van der Waals surface area contributed by atoms with Crippen molar-refractivity contribution in [1.82, 2.24) is 10.3 Å². The predicted molar refractivity (Wildman–Crippen MR) is 105 cm³/mol. The summed E-state index contributed by atoms with van der Waals surface area (Å²) in [6, 6.07) is 11.3. The second kappa shape index (κ2) is 8.35. The Morgan fingerprint density at radius 1 is 1.00 bits per heavy atom. The number of carbonyl (C=O) groups is 1. The Morgan fingerprint density at radius 2 is 1.74 bits per heavy atom. The molecule has 2 aromatic carbocycles. The maximum Gasteiger partial charge on any atom is 0.319 e. The molecule has 0 bridgehead atoms. The summed E-state index contributed by atoms with van der Waals surface area (Å²) in [6.07, 6.45) is 2.65. The minimum Gasteiger partial charge on any atom is -0.493 e. The fourth-order valence-corrected chi connectivity index (χ4v) is 2.90. The van der Waals surface area contributed by atoms with Crippen LogP contribution in [-0.2, 0) is 6.42 Å². The largest absolute Gasteiger partial charge is 0.493 e. The van der Waals surface area contributed by atoms with Crippen LogP contribution in [0.25, 0.3) is 10.9 Å². The molecular formula is C20H23N3O4. The van der Waals surface area contributed by atoms with E-state index in [2.05, 4.69) is 33.8 Å². The number of hydrogen-bond acceptors (Lipinski definition) is 4. The zero-order valence-corrected chi connectivity index (χ0v) is 15.6. The van der Waals surface area contributed by atoms with Crippen LogP contribution in [0, 0.1) is 0 Å². The van der Waals surface area contributed by atoms with Gasteiger partial charge in [0.1, 0.15) is 0 Å². The van der Waals surface area contributed by atoms with E-state index in [1.54, 1.807) is 12.1 Å². The second-order valence-electron chi connectivity index (χ2n) is 5.94. The van der Waals surface area contributed by atoms with Crippen LogP contribution in [0.4, 0.5) is 10.5 Å². The van der Waals surface area contributed by atoms with E-state index in [4.69, 9.17) is 14.2 Å². The maximum absolute atomic E-state index is 12.2. The molecule has 1 aromatic heterocycles. The number of aromatic nitrogens is 1. The van der Waals surface area contributed by atoms with Crippen LogP contribution in [0.5, 0.6) is 17.2 Å². The Bertz CT molecular complexity index is 911. The molecule has 0 spiro atoms. The van der Waals surface area contributed by atoms with Crippen molar-refractivity contribution in [2.45, 2.75) is 6.42 Å². The van der Waals surface area contributed by atoms with Crippen LogP contribution >= 0.6 is 0 Å². The van der Waals surface area contributed by atoms with E-state index >= 15 is 0 Å². The Kier molecular flexibility index (Phi) is 5.71. The van der Waals surface area contributed by atoms with E-state index in [1.165, 1.54) is 26.7 Å². The summed E-state index contributed by atoms with van der Waals surface area (Å²) in [6.45, 7) is 0.516. The fraction of sp³-hybridized carbons (Fsp3) is 0.250. The van der Waals surface area contributed by atoms with Gasteiger partial charge in [0.25, 0.3) is 0 Å². The third-order valence-electron chi connectivity index (χ3n) is 4.24. The normalized spacial score (nSPS) is 10.5. The lowest BCUT2D eigenvalue weighted by Crippen LogP contribution is -2.30. The molecule has 0 radical (unpaired) electrons. The van der Waals surface area contributed by atoms with Crippen molar-refractivity contribution in [3.05, 3.63) is 48.2 Å². The molecule has 0 aliphatic heterocycles. The van der Waals surface area contributed by atoms with Gasteiger partial charge in [0, 0.05) is 30.4 Å². The smallest absolute Gasteiger partial charge is 0.319 e. The number of ether oxygens (including phenoxy) is 3. The van der Waals surface area contributed by atoms with Crippen LogP contribution < -0.4 is 24.8 Å². The molecule has 3 aromatic rings. The molecule has 0 aliphatic carbocycles. The zero-order valence-electron chi connectivity index (χ0n) is 15.6. The number of aromatic amines is 1. The molecule has 0 atom stereocenters. The highest BCUT2D eigenvalue weighted by Gasteiger charge is 2.14. The third-order valence-corrected chi connectivity index (χ3v) is 4.24. The van der Waals surface area contributed by atoms with Gasteiger partial charge in [-0.1, -0.05) is 12.1 Å². The molecule has 0 unspecified atom stereocenters. The first-order valence-corrected chi connectivity index (χ1v) is 8.55. The van der Waals surface area contributed by atoms with Crippen molar-refractivity contribution >= 4 is 22.6 Å². The Labute approximate surface area is 157 Å². The van der Waals surface area contributed by atoms with Crippen molar-refractivity contribution in [3.8, 4) is 17.2 Å². The average Bonchev–Trinajstić information content (AvgIpc) is 3.15. The Balaban J connectivity index is 1.58. The first kappa shape index (κ1) is 18.4. The molecule has 1 heterocycles. The number of methoxy groups -OCH3 is 3. The Hall–Kier alpha value is -3.35. The lowest BCUT2D eigenvalue weighted by atomic mass is 10.1. The Morgan fingerprint density at radius 3 is 2.41 bits per heavy atom. The van der Waals surface area contributed by atoms with E-state index in [0.717, 1.165) is 17.5 Å². The lowest BCUT2D eigenvalue weighted by Gasteiger charge is -2.15. The number of rotatable bonds is 7. The molecule has 2 amide bonds. The van der Waals surface area contributed by atoms with Crippen LogP contribution in [0.3, 0.4) is 0 Å². The molecule has 3 rings (SSSR count). The number of benzene rings is 2. The summed E-state index contributed by atoms with van der Waals surface area (Å²) in [5, 5.41) is 6.81. The highest BCUT2D eigenvalue weighted by molar-refractivity contribution is 5.90. The van der Waals surface area contributed by atoms with Gasteiger partial charge >= 0.3 is 6.03 Å². The van der Waals surface area contributed by atoms with Crippen molar-refractivity contribution in [2.24, 2.45) is 0 Å². The first-order chi connectivity index (χ1) is 13.1. The van der Waals surface area contributed by atoms with E-state index < -0.39 is 0 Å². The number of hydrogen-bond donors (Lipinski definition) is 3. The van der Waals surface area contributed by atoms with E-state index in [0.29, 0.717) is 29.5 Å². The summed E-state index contributed by atoms with van der Waals surface area (Å²) >= 11 is 0. The molecular weight excluding hydrogens is 346 g/mol. The van der Waals surface area contributed by atoms with E-state index in [9.17, 15) is 4.79 Å². The van der Waals surface area contributed by atoms with Gasteiger partial charge in [-0.15, -0.1) is 0 Å². The zero-order chi connectivity index (χ0) is 19.2. The average molecular weight is 369 g/mol. The molecule has 0 saturated heterocycles. The summed E-state index contributed by atoms with van der Waals surface area (Å²) in [5.41, 5.74) is 2.79.